The zero-order chi connectivity index (χ0) is 29.5. The van der Waals surface area contributed by atoms with Gasteiger partial charge >= 0.3 is 0 Å². The molecule has 8 rings (SSSR count). The van der Waals surface area contributed by atoms with Gasteiger partial charge in [0.05, 0.1) is 0 Å². The highest BCUT2D eigenvalue weighted by molar-refractivity contribution is 6.12. The van der Waals surface area contributed by atoms with Gasteiger partial charge in [-0.3, -0.25) is 4.98 Å². The Morgan fingerprint density at radius 3 is 1.82 bits per heavy atom. The molecule has 0 atom stereocenters. The van der Waals surface area contributed by atoms with Crippen LogP contribution in [-0.4, -0.2) is 19.9 Å². The van der Waals surface area contributed by atoms with Gasteiger partial charge in [0.25, 0.3) is 0 Å². The lowest BCUT2D eigenvalue weighted by Crippen LogP contribution is -2.00. The van der Waals surface area contributed by atoms with Crippen LogP contribution in [0, 0.1) is 6.92 Å². The molecule has 5 heteroatoms. The fourth-order valence-electron chi connectivity index (χ4n) is 5.74. The van der Waals surface area contributed by atoms with Crippen molar-refractivity contribution < 1.29 is 4.42 Å². The summed E-state index contributed by atoms with van der Waals surface area (Å²) in [5.41, 5.74) is 9.79. The Hall–Kier alpha value is -5.94. The molecular formula is C39H26N4O. The Kier molecular flexibility index (Phi) is 6.27. The van der Waals surface area contributed by atoms with Crippen LogP contribution in [0.1, 0.15) is 5.69 Å². The predicted octanol–water partition coefficient (Wildman–Crippen LogP) is 9.81. The average Bonchev–Trinajstić information content (AvgIpc) is 3.47. The smallest absolute Gasteiger partial charge is 0.164 e. The molecule has 44 heavy (non-hydrogen) atoms. The van der Waals surface area contributed by atoms with Crippen molar-refractivity contribution >= 4 is 21.9 Å². The van der Waals surface area contributed by atoms with Gasteiger partial charge in [0.1, 0.15) is 11.2 Å². The maximum Gasteiger partial charge on any atom is 0.164 e. The first-order valence-electron chi connectivity index (χ1n) is 14.6. The summed E-state index contributed by atoms with van der Waals surface area (Å²) in [7, 11) is 0. The van der Waals surface area contributed by atoms with Crippen LogP contribution in [0.25, 0.3) is 78.4 Å². The number of aryl methyl sites for hydroxylation is 1. The van der Waals surface area contributed by atoms with Crippen LogP contribution in [0.3, 0.4) is 0 Å². The van der Waals surface area contributed by atoms with Crippen molar-refractivity contribution in [3.05, 3.63) is 145 Å². The van der Waals surface area contributed by atoms with Gasteiger partial charge in [0.2, 0.25) is 0 Å². The minimum absolute atomic E-state index is 0.588. The van der Waals surface area contributed by atoms with Crippen molar-refractivity contribution in [2.24, 2.45) is 0 Å². The molecule has 3 heterocycles. The van der Waals surface area contributed by atoms with E-state index in [0.29, 0.717) is 17.5 Å². The van der Waals surface area contributed by atoms with Crippen LogP contribution in [0.15, 0.2) is 144 Å². The summed E-state index contributed by atoms with van der Waals surface area (Å²) in [6, 6.07) is 45.3. The number of hydrogen-bond acceptors (Lipinski definition) is 5. The first kappa shape index (κ1) is 25.7. The highest BCUT2D eigenvalue weighted by Gasteiger charge is 2.17. The van der Waals surface area contributed by atoms with Gasteiger partial charge in [-0.15, -0.1) is 0 Å². The van der Waals surface area contributed by atoms with Crippen molar-refractivity contribution in [3.8, 4) is 56.4 Å². The van der Waals surface area contributed by atoms with Crippen molar-refractivity contribution in [2.45, 2.75) is 6.92 Å². The van der Waals surface area contributed by atoms with E-state index in [1.54, 1.807) is 0 Å². The third-order valence-corrected chi connectivity index (χ3v) is 7.86. The standard InChI is InChI=1S/C39H26N4O/c1-25-22-29(20-21-40-25)28-14-8-15-30(23-28)38-41-37(27-12-6-3-7-13-27)42-39(43-38)31-18-19-33-35(24-31)44-34-17-9-16-32(36(33)34)26-10-4-2-5-11-26/h2-24H,1H3. The first-order chi connectivity index (χ1) is 21.7. The average molecular weight is 567 g/mol. The molecule has 0 fully saturated rings. The number of benzene rings is 5. The van der Waals surface area contributed by atoms with Gasteiger partial charge in [-0.05, 0) is 65.6 Å². The van der Waals surface area contributed by atoms with E-state index in [4.69, 9.17) is 19.4 Å². The Bertz CT molecular complexity index is 2290. The quantitative estimate of drug-likeness (QED) is 0.207. The topological polar surface area (TPSA) is 64.7 Å². The van der Waals surface area contributed by atoms with E-state index in [1.165, 1.54) is 0 Å². The molecule has 0 aliphatic carbocycles. The molecule has 0 saturated heterocycles. The van der Waals surface area contributed by atoms with E-state index in [-0.39, 0.29) is 0 Å². The van der Waals surface area contributed by atoms with Gasteiger partial charge in [0, 0.05) is 39.4 Å². The molecule has 0 N–H and O–H groups in total. The Labute approximate surface area is 254 Å². The van der Waals surface area contributed by atoms with Gasteiger partial charge in [-0.2, -0.15) is 0 Å². The number of nitrogens with zero attached hydrogens (tertiary/aromatic N) is 4. The van der Waals surface area contributed by atoms with Crippen LogP contribution in [0.5, 0.6) is 0 Å². The van der Waals surface area contributed by atoms with Crippen LogP contribution < -0.4 is 0 Å². The lowest BCUT2D eigenvalue weighted by molar-refractivity contribution is 0.669. The monoisotopic (exact) mass is 566 g/mol. The van der Waals surface area contributed by atoms with Crippen LogP contribution in [0.4, 0.5) is 0 Å². The Morgan fingerprint density at radius 2 is 1.07 bits per heavy atom. The fourth-order valence-corrected chi connectivity index (χ4v) is 5.74. The van der Waals surface area contributed by atoms with Crippen molar-refractivity contribution in [2.75, 3.05) is 0 Å². The second-order valence-electron chi connectivity index (χ2n) is 10.8. The number of hydrogen-bond donors (Lipinski definition) is 0. The lowest BCUT2D eigenvalue weighted by atomic mass is 9.99. The van der Waals surface area contributed by atoms with E-state index in [1.807, 2.05) is 85.9 Å². The van der Waals surface area contributed by atoms with E-state index in [9.17, 15) is 0 Å². The van der Waals surface area contributed by atoms with E-state index in [2.05, 4.69) is 65.6 Å². The van der Waals surface area contributed by atoms with Gasteiger partial charge in [0.15, 0.2) is 17.5 Å². The summed E-state index contributed by atoms with van der Waals surface area (Å²) in [6.45, 7) is 2.00. The zero-order valence-corrected chi connectivity index (χ0v) is 24.0. The molecule has 0 amide bonds. The third kappa shape index (κ3) is 4.71. The molecule has 0 spiro atoms. The van der Waals surface area contributed by atoms with Crippen molar-refractivity contribution in [3.63, 3.8) is 0 Å². The molecule has 0 aliphatic heterocycles. The number of rotatable bonds is 5. The lowest BCUT2D eigenvalue weighted by Gasteiger charge is -2.10. The first-order valence-corrected chi connectivity index (χ1v) is 14.6. The number of aromatic nitrogens is 4. The second kappa shape index (κ2) is 10.7. The van der Waals surface area contributed by atoms with Gasteiger partial charge in [-0.1, -0.05) is 97.1 Å². The normalized spacial score (nSPS) is 11.3. The number of fused-ring (bicyclic) bond motifs is 3. The highest BCUT2D eigenvalue weighted by atomic mass is 16.3. The van der Waals surface area contributed by atoms with Crippen LogP contribution >= 0.6 is 0 Å². The summed E-state index contributed by atoms with van der Waals surface area (Å²) < 4.78 is 6.40. The maximum absolute atomic E-state index is 6.40. The minimum Gasteiger partial charge on any atom is -0.456 e. The SMILES string of the molecule is Cc1cc(-c2cccc(-c3nc(-c4ccccc4)nc(-c4ccc5c(c4)oc4cccc(-c6ccccc6)c45)n3)c2)ccn1. The fraction of sp³-hybridized carbons (Fsp3) is 0.0256. The van der Waals surface area contributed by atoms with Crippen molar-refractivity contribution in [1.82, 2.24) is 19.9 Å². The molecule has 5 nitrogen and oxygen atoms in total. The van der Waals surface area contributed by atoms with Gasteiger partial charge < -0.3 is 4.42 Å². The van der Waals surface area contributed by atoms with Crippen LogP contribution in [-0.2, 0) is 0 Å². The number of pyridine rings is 1. The molecule has 0 aliphatic rings. The van der Waals surface area contributed by atoms with Crippen LogP contribution in [0.2, 0.25) is 0 Å². The summed E-state index contributed by atoms with van der Waals surface area (Å²) in [5.74, 6) is 1.81. The predicted molar refractivity (Wildman–Crippen MR) is 177 cm³/mol. The molecule has 8 aromatic rings. The molecule has 5 aromatic carbocycles. The minimum atomic E-state index is 0.588. The summed E-state index contributed by atoms with van der Waals surface area (Å²) in [5, 5.41) is 2.16. The van der Waals surface area contributed by atoms with Crippen molar-refractivity contribution in [1.29, 1.82) is 0 Å². The largest absolute Gasteiger partial charge is 0.456 e. The maximum atomic E-state index is 6.40. The molecule has 208 valence electrons. The molecule has 0 unspecified atom stereocenters. The highest BCUT2D eigenvalue weighted by Crippen LogP contribution is 2.38. The Balaban J connectivity index is 1.28. The van der Waals surface area contributed by atoms with E-state index < -0.39 is 0 Å². The second-order valence-corrected chi connectivity index (χ2v) is 10.8. The summed E-state index contributed by atoms with van der Waals surface area (Å²) >= 11 is 0. The Morgan fingerprint density at radius 1 is 0.455 bits per heavy atom. The third-order valence-electron chi connectivity index (χ3n) is 7.86. The molecule has 0 radical (unpaired) electrons. The zero-order valence-electron chi connectivity index (χ0n) is 24.0. The molecule has 0 bridgehead atoms. The summed E-state index contributed by atoms with van der Waals surface area (Å²) in [6.07, 6.45) is 1.84. The number of furan rings is 1. The molecular weight excluding hydrogens is 540 g/mol. The van der Waals surface area contributed by atoms with E-state index >= 15 is 0 Å². The van der Waals surface area contributed by atoms with Gasteiger partial charge in [-0.25, -0.2) is 15.0 Å². The summed E-state index contributed by atoms with van der Waals surface area (Å²) in [4.78, 5) is 19.2. The molecule has 3 aromatic heterocycles. The van der Waals surface area contributed by atoms with E-state index in [0.717, 1.165) is 66.6 Å². The molecule has 0 saturated carbocycles.